The smallest absolute Gasteiger partial charge is 0.295 e. The lowest BCUT2D eigenvalue weighted by Crippen LogP contribution is -2.29. The summed E-state index contributed by atoms with van der Waals surface area (Å²) in [6.07, 6.45) is 0. The van der Waals surface area contributed by atoms with Crippen molar-refractivity contribution in [3.05, 3.63) is 89.0 Å². The first-order chi connectivity index (χ1) is 17.9. The highest BCUT2D eigenvalue weighted by molar-refractivity contribution is 6.46. The van der Waals surface area contributed by atoms with Crippen LogP contribution in [0.3, 0.4) is 0 Å². The Morgan fingerprint density at radius 3 is 2.22 bits per heavy atom. The maximum Gasteiger partial charge on any atom is 0.295 e. The van der Waals surface area contributed by atoms with Crippen molar-refractivity contribution < 1.29 is 33.6 Å². The van der Waals surface area contributed by atoms with Crippen molar-refractivity contribution in [3.63, 3.8) is 0 Å². The first-order valence-corrected chi connectivity index (χ1v) is 11.8. The molecule has 1 heterocycles. The van der Waals surface area contributed by atoms with E-state index < -0.39 is 17.7 Å². The fourth-order valence-corrected chi connectivity index (χ4v) is 4.40. The van der Waals surface area contributed by atoms with E-state index in [4.69, 9.17) is 18.9 Å². The van der Waals surface area contributed by atoms with Gasteiger partial charge in [0.2, 0.25) is 0 Å². The molecule has 3 aromatic carbocycles. The molecule has 1 fully saturated rings. The summed E-state index contributed by atoms with van der Waals surface area (Å²) in [7, 11) is 4.54. The molecule has 1 aliphatic rings. The molecule has 1 unspecified atom stereocenters. The summed E-state index contributed by atoms with van der Waals surface area (Å²) in [5.41, 5.74) is 1.63. The lowest BCUT2D eigenvalue weighted by atomic mass is 9.94. The summed E-state index contributed by atoms with van der Waals surface area (Å²) in [6, 6.07) is 18.4. The largest absolute Gasteiger partial charge is 0.507 e. The minimum atomic E-state index is -0.863. The van der Waals surface area contributed by atoms with Gasteiger partial charge in [-0.25, -0.2) is 0 Å². The van der Waals surface area contributed by atoms with Crippen molar-refractivity contribution >= 4 is 17.4 Å². The molecule has 1 N–H and O–H groups in total. The first kappa shape index (κ1) is 25.6. The Hall–Kier alpha value is -4.46. The molecule has 0 aromatic heterocycles. The van der Waals surface area contributed by atoms with E-state index in [-0.39, 0.29) is 23.4 Å². The number of nitrogens with zero attached hydrogens (tertiary/aromatic N) is 1. The Bertz CT molecular complexity index is 1330. The van der Waals surface area contributed by atoms with Crippen LogP contribution in [0, 0.1) is 0 Å². The maximum absolute atomic E-state index is 13.4. The number of ether oxygens (including phenoxy) is 4. The predicted octanol–water partition coefficient (Wildman–Crippen LogP) is 4.73. The molecule has 37 heavy (non-hydrogen) atoms. The van der Waals surface area contributed by atoms with Crippen LogP contribution < -0.4 is 18.9 Å². The highest BCUT2D eigenvalue weighted by atomic mass is 16.5. The molecule has 192 valence electrons. The third-order valence-corrected chi connectivity index (χ3v) is 6.20. The van der Waals surface area contributed by atoms with E-state index in [0.717, 1.165) is 5.56 Å². The third kappa shape index (κ3) is 5.09. The van der Waals surface area contributed by atoms with Crippen LogP contribution in [0.4, 0.5) is 0 Å². The van der Waals surface area contributed by atoms with Gasteiger partial charge in [0.05, 0.1) is 45.1 Å². The number of ketones is 1. The van der Waals surface area contributed by atoms with E-state index in [1.54, 1.807) is 61.7 Å². The number of aliphatic hydroxyl groups is 1. The highest BCUT2D eigenvalue weighted by Crippen LogP contribution is 2.43. The van der Waals surface area contributed by atoms with Crippen molar-refractivity contribution in [1.82, 2.24) is 4.90 Å². The Labute approximate surface area is 215 Å². The Morgan fingerprint density at radius 2 is 1.57 bits per heavy atom. The second kappa shape index (κ2) is 11.1. The average molecular weight is 504 g/mol. The van der Waals surface area contributed by atoms with Crippen LogP contribution in [0.25, 0.3) is 5.76 Å². The summed E-state index contributed by atoms with van der Waals surface area (Å²) in [4.78, 5) is 28.3. The predicted molar refractivity (Wildman–Crippen MR) is 138 cm³/mol. The Morgan fingerprint density at radius 1 is 0.865 bits per heavy atom. The summed E-state index contributed by atoms with van der Waals surface area (Å²) < 4.78 is 21.6. The number of rotatable bonds is 9. The van der Waals surface area contributed by atoms with Crippen LogP contribution in [-0.4, -0.2) is 49.6 Å². The molecule has 0 radical (unpaired) electrons. The molecule has 0 saturated carbocycles. The standard InChI is InChI=1S/C29H29NO7/c1-5-37-22-8-6-7-19(15-22)26-25(27(31)23-16-21(35-3)13-14-24(23)36-4)28(32)29(33)30(26)17-18-9-11-20(34-2)12-10-18/h6-16,26,31H,5,17H2,1-4H3/b27-25+. The number of carbonyl (C=O) groups is 2. The van der Waals surface area contributed by atoms with Gasteiger partial charge in [0.25, 0.3) is 11.7 Å². The Kier molecular flexibility index (Phi) is 7.67. The molecule has 3 aromatic rings. The molecule has 8 heteroatoms. The molecule has 4 rings (SSSR count). The van der Waals surface area contributed by atoms with Gasteiger partial charge in [-0.3, -0.25) is 9.59 Å². The molecule has 0 aliphatic carbocycles. The lowest BCUT2D eigenvalue weighted by molar-refractivity contribution is -0.140. The fourth-order valence-electron chi connectivity index (χ4n) is 4.40. The molecule has 1 atom stereocenters. The van der Waals surface area contributed by atoms with Crippen LogP contribution in [0.15, 0.2) is 72.3 Å². The van der Waals surface area contributed by atoms with Gasteiger partial charge >= 0.3 is 0 Å². The Balaban J connectivity index is 1.89. The number of hydrogen-bond donors (Lipinski definition) is 1. The van der Waals surface area contributed by atoms with E-state index in [0.29, 0.717) is 35.2 Å². The molecule has 1 saturated heterocycles. The number of carbonyl (C=O) groups excluding carboxylic acids is 2. The summed E-state index contributed by atoms with van der Waals surface area (Å²) in [6.45, 7) is 2.47. The number of hydrogen-bond acceptors (Lipinski definition) is 7. The molecule has 1 aliphatic heterocycles. The third-order valence-electron chi connectivity index (χ3n) is 6.20. The van der Waals surface area contributed by atoms with E-state index in [9.17, 15) is 14.7 Å². The van der Waals surface area contributed by atoms with Gasteiger partial charge in [-0.15, -0.1) is 0 Å². The van der Waals surface area contributed by atoms with Gasteiger partial charge in [0, 0.05) is 6.54 Å². The van der Waals surface area contributed by atoms with Gasteiger partial charge in [0.15, 0.2) is 0 Å². The molecular formula is C29H29NO7. The monoisotopic (exact) mass is 503 g/mol. The number of amides is 1. The van der Waals surface area contributed by atoms with E-state index in [1.807, 2.05) is 19.1 Å². The molecule has 0 bridgehead atoms. The normalized spacial score (nSPS) is 16.5. The van der Waals surface area contributed by atoms with Crippen molar-refractivity contribution in [2.45, 2.75) is 19.5 Å². The first-order valence-electron chi connectivity index (χ1n) is 11.8. The van der Waals surface area contributed by atoms with Gasteiger partial charge in [0.1, 0.15) is 28.8 Å². The molecule has 1 amide bonds. The second-order valence-corrected chi connectivity index (χ2v) is 8.35. The van der Waals surface area contributed by atoms with Crippen LogP contribution in [0.2, 0.25) is 0 Å². The van der Waals surface area contributed by atoms with Gasteiger partial charge in [-0.1, -0.05) is 24.3 Å². The maximum atomic E-state index is 13.4. The topological polar surface area (TPSA) is 94.5 Å². The number of likely N-dealkylation sites (tertiary alicyclic amines) is 1. The number of aliphatic hydroxyl groups excluding tert-OH is 1. The fraction of sp³-hybridized carbons (Fsp3) is 0.241. The van der Waals surface area contributed by atoms with Gasteiger partial charge < -0.3 is 29.0 Å². The number of methoxy groups -OCH3 is 3. The zero-order valence-electron chi connectivity index (χ0n) is 21.2. The van der Waals surface area contributed by atoms with Crippen molar-refractivity contribution in [2.75, 3.05) is 27.9 Å². The zero-order valence-corrected chi connectivity index (χ0v) is 21.2. The summed E-state index contributed by atoms with van der Waals surface area (Å²) >= 11 is 0. The quantitative estimate of drug-likeness (QED) is 0.256. The minimum absolute atomic E-state index is 0.0429. The SMILES string of the molecule is CCOc1cccc(C2/C(=C(\O)c3cc(OC)ccc3OC)C(=O)C(=O)N2Cc2ccc(OC)cc2)c1. The van der Waals surface area contributed by atoms with Crippen molar-refractivity contribution in [1.29, 1.82) is 0 Å². The van der Waals surface area contributed by atoms with Crippen LogP contribution in [0.1, 0.15) is 29.7 Å². The number of Topliss-reactive ketones (excluding diaryl/α,β-unsaturated/α-hetero) is 1. The minimum Gasteiger partial charge on any atom is -0.507 e. The van der Waals surface area contributed by atoms with Gasteiger partial charge in [-0.2, -0.15) is 0 Å². The van der Waals surface area contributed by atoms with Gasteiger partial charge in [-0.05, 0) is 60.5 Å². The second-order valence-electron chi connectivity index (χ2n) is 8.35. The number of benzene rings is 3. The summed E-state index contributed by atoms with van der Waals surface area (Å²) in [5.74, 6) is 0.212. The van der Waals surface area contributed by atoms with Crippen molar-refractivity contribution in [3.8, 4) is 23.0 Å². The summed E-state index contributed by atoms with van der Waals surface area (Å²) in [5, 5.41) is 11.5. The van der Waals surface area contributed by atoms with Crippen LogP contribution >= 0.6 is 0 Å². The highest BCUT2D eigenvalue weighted by Gasteiger charge is 2.46. The average Bonchev–Trinajstić information content (AvgIpc) is 3.18. The lowest BCUT2D eigenvalue weighted by Gasteiger charge is -2.26. The zero-order chi connectivity index (χ0) is 26.5. The molecule has 8 nitrogen and oxygen atoms in total. The van der Waals surface area contributed by atoms with E-state index >= 15 is 0 Å². The molecular weight excluding hydrogens is 474 g/mol. The van der Waals surface area contributed by atoms with Crippen LogP contribution in [-0.2, 0) is 16.1 Å². The van der Waals surface area contributed by atoms with Crippen molar-refractivity contribution in [2.24, 2.45) is 0 Å². The van der Waals surface area contributed by atoms with E-state index in [2.05, 4.69) is 0 Å². The van der Waals surface area contributed by atoms with Crippen LogP contribution in [0.5, 0.6) is 23.0 Å². The van der Waals surface area contributed by atoms with E-state index in [1.165, 1.54) is 19.1 Å². The molecule has 0 spiro atoms.